The summed E-state index contributed by atoms with van der Waals surface area (Å²) in [7, 11) is 3.72. The first kappa shape index (κ1) is 46.5. The van der Waals surface area contributed by atoms with E-state index >= 15 is 0 Å². The maximum atomic E-state index is 14.3. The molecule has 1 fully saturated rings. The molecule has 0 atom stereocenters. The van der Waals surface area contributed by atoms with E-state index in [-0.39, 0.29) is 47.2 Å². The van der Waals surface area contributed by atoms with Gasteiger partial charge in [0, 0.05) is 45.2 Å². The number of unbranched alkanes of at least 4 members (excludes halogenated alkanes) is 2. The third kappa shape index (κ3) is 12.6. The first-order valence-electron chi connectivity index (χ1n) is 22.3. The zero-order valence-electron chi connectivity index (χ0n) is 37.7. The number of likely N-dealkylation sites (N-methyl/N-ethyl adjacent to an activating group) is 1. The molecule has 1 N–H and O–H groups in total. The molecular formula is C54H56N4O8. The highest BCUT2D eigenvalue weighted by atomic mass is 16.5. The number of para-hydroxylation sites is 2. The summed E-state index contributed by atoms with van der Waals surface area (Å²) >= 11 is 0. The average molecular weight is 889 g/mol. The van der Waals surface area contributed by atoms with Crippen molar-refractivity contribution in [1.82, 2.24) is 9.80 Å². The number of benzene rings is 6. The highest BCUT2D eigenvalue weighted by Gasteiger charge is 2.24. The van der Waals surface area contributed by atoms with E-state index in [9.17, 15) is 19.2 Å². The van der Waals surface area contributed by atoms with Gasteiger partial charge in [-0.05, 0) is 105 Å². The van der Waals surface area contributed by atoms with Crippen molar-refractivity contribution >= 4 is 35.1 Å². The molecule has 1 aliphatic rings. The van der Waals surface area contributed by atoms with Crippen LogP contribution in [0.15, 0.2) is 146 Å². The molecule has 1 aliphatic heterocycles. The van der Waals surface area contributed by atoms with Gasteiger partial charge in [0.1, 0.15) is 36.0 Å². The van der Waals surface area contributed by atoms with Crippen molar-refractivity contribution in [2.75, 3.05) is 57.1 Å². The molecule has 1 heterocycles. The molecule has 0 spiro atoms. The van der Waals surface area contributed by atoms with Gasteiger partial charge in [-0.3, -0.25) is 14.4 Å². The van der Waals surface area contributed by atoms with Crippen LogP contribution in [0.2, 0.25) is 0 Å². The van der Waals surface area contributed by atoms with Gasteiger partial charge in [0.05, 0.1) is 23.5 Å². The van der Waals surface area contributed by atoms with E-state index < -0.39 is 17.8 Å². The first-order chi connectivity index (χ1) is 32.1. The number of nitrogens with zero attached hydrogens (tertiary/aromatic N) is 3. The Hall–Kier alpha value is -7.44. The summed E-state index contributed by atoms with van der Waals surface area (Å²) in [6.07, 6.45) is 2.86. The number of esters is 1. The number of rotatable bonds is 19. The number of ether oxygens (including phenoxy) is 4. The number of hydrogen-bond acceptors (Lipinski definition) is 9. The molecule has 3 amide bonds. The molecule has 0 radical (unpaired) electrons. The van der Waals surface area contributed by atoms with E-state index in [4.69, 9.17) is 18.9 Å². The minimum Gasteiger partial charge on any atom is -0.491 e. The quantitative estimate of drug-likeness (QED) is 0.0481. The smallest absolute Gasteiger partial charge is 0.347 e. The molecule has 340 valence electrons. The van der Waals surface area contributed by atoms with Crippen molar-refractivity contribution in [3.63, 3.8) is 0 Å². The van der Waals surface area contributed by atoms with E-state index in [0.717, 1.165) is 62.1 Å². The Morgan fingerprint density at radius 1 is 0.606 bits per heavy atom. The lowest BCUT2D eigenvalue weighted by molar-refractivity contribution is -0.132. The van der Waals surface area contributed by atoms with Gasteiger partial charge in [0.2, 0.25) is 5.91 Å². The van der Waals surface area contributed by atoms with Crippen LogP contribution in [-0.2, 0) is 18.0 Å². The summed E-state index contributed by atoms with van der Waals surface area (Å²) < 4.78 is 24.5. The first-order valence-corrected chi connectivity index (χ1v) is 22.3. The van der Waals surface area contributed by atoms with Gasteiger partial charge in [-0.2, -0.15) is 0 Å². The second-order valence-corrected chi connectivity index (χ2v) is 16.3. The molecular weight excluding hydrogens is 833 g/mol. The lowest BCUT2D eigenvalue weighted by atomic mass is 10.1. The predicted octanol–water partition coefficient (Wildman–Crippen LogP) is 9.61. The van der Waals surface area contributed by atoms with E-state index in [1.165, 1.54) is 17.0 Å². The van der Waals surface area contributed by atoms with E-state index in [0.29, 0.717) is 36.0 Å². The molecule has 0 aromatic heterocycles. The molecule has 6 aromatic rings. The van der Waals surface area contributed by atoms with Crippen molar-refractivity contribution in [2.24, 2.45) is 0 Å². The Balaban J connectivity index is 1.08. The fraction of sp³-hybridized carbons (Fsp3) is 0.259. The minimum atomic E-state index is -0.753. The number of amides is 3. The highest BCUT2D eigenvalue weighted by molar-refractivity contribution is 6.10. The number of carbonyl (C=O) groups is 4. The van der Waals surface area contributed by atoms with Gasteiger partial charge in [-0.1, -0.05) is 91.0 Å². The largest absolute Gasteiger partial charge is 0.491 e. The molecule has 0 bridgehead atoms. The summed E-state index contributed by atoms with van der Waals surface area (Å²) in [5.74, 6) is -0.325. The fourth-order valence-electron chi connectivity index (χ4n) is 7.47. The zero-order chi connectivity index (χ0) is 46.3. The average Bonchev–Trinajstić information content (AvgIpc) is 3.34. The molecule has 66 heavy (non-hydrogen) atoms. The van der Waals surface area contributed by atoms with Crippen LogP contribution in [0, 0.1) is 6.92 Å². The summed E-state index contributed by atoms with van der Waals surface area (Å²) in [5.41, 5.74) is 4.11. The Morgan fingerprint density at radius 2 is 1.21 bits per heavy atom. The van der Waals surface area contributed by atoms with Gasteiger partial charge >= 0.3 is 5.97 Å². The monoisotopic (exact) mass is 888 g/mol. The van der Waals surface area contributed by atoms with E-state index in [1.807, 2.05) is 90.7 Å². The summed E-state index contributed by atoms with van der Waals surface area (Å²) in [6, 6.07) is 43.0. The number of piperazine rings is 1. The van der Waals surface area contributed by atoms with E-state index in [2.05, 4.69) is 17.3 Å². The van der Waals surface area contributed by atoms with Crippen molar-refractivity contribution in [2.45, 2.75) is 45.8 Å². The van der Waals surface area contributed by atoms with Gasteiger partial charge in [0.25, 0.3) is 11.8 Å². The normalized spacial score (nSPS) is 12.5. The summed E-state index contributed by atoms with van der Waals surface area (Å²) in [6.45, 7) is 6.17. The lowest BCUT2D eigenvalue weighted by Gasteiger charge is -2.32. The third-order valence-electron chi connectivity index (χ3n) is 11.3. The lowest BCUT2D eigenvalue weighted by Crippen LogP contribution is -2.47. The van der Waals surface area contributed by atoms with Crippen LogP contribution in [-0.4, -0.2) is 80.4 Å². The van der Waals surface area contributed by atoms with Crippen LogP contribution in [0.5, 0.6) is 23.0 Å². The van der Waals surface area contributed by atoms with Gasteiger partial charge in [-0.25, -0.2) is 4.79 Å². The van der Waals surface area contributed by atoms with Crippen LogP contribution in [0.3, 0.4) is 0 Å². The number of anilines is 2. The van der Waals surface area contributed by atoms with Crippen LogP contribution in [0.1, 0.15) is 73.4 Å². The zero-order valence-corrected chi connectivity index (χ0v) is 37.7. The van der Waals surface area contributed by atoms with Crippen molar-refractivity contribution in [3.05, 3.63) is 179 Å². The minimum absolute atomic E-state index is 0.0559. The number of carbonyl (C=O) groups excluding carboxylic acids is 4. The highest BCUT2D eigenvalue weighted by Crippen LogP contribution is 2.34. The Bertz CT molecular complexity index is 2600. The van der Waals surface area contributed by atoms with Crippen LogP contribution in [0.4, 0.5) is 11.4 Å². The molecule has 0 saturated carbocycles. The SMILES string of the molecule is Cc1ccc(N(C)C(=O)c2ccc(NC(=O)c3ccccc3OCc3ccccc3)c(OC(=O)c3ccccc3OCc3ccccc3)c2)c(OCCCCCC(=O)N2CCN(C)CC2)c1. The molecule has 6 aromatic carbocycles. The third-order valence-corrected chi connectivity index (χ3v) is 11.3. The number of aryl methyl sites for hydroxylation is 1. The van der Waals surface area contributed by atoms with Gasteiger partial charge in [0.15, 0.2) is 5.75 Å². The second kappa shape index (κ2) is 23.0. The number of nitrogens with one attached hydrogen (secondary N) is 1. The Kier molecular flexibility index (Phi) is 16.2. The molecule has 7 rings (SSSR count). The van der Waals surface area contributed by atoms with Crippen LogP contribution in [0.25, 0.3) is 0 Å². The van der Waals surface area contributed by atoms with Crippen LogP contribution >= 0.6 is 0 Å². The van der Waals surface area contributed by atoms with Gasteiger partial charge < -0.3 is 39.0 Å². The van der Waals surface area contributed by atoms with Gasteiger partial charge in [-0.15, -0.1) is 0 Å². The predicted molar refractivity (Wildman–Crippen MR) is 256 cm³/mol. The summed E-state index contributed by atoms with van der Waals surface area (Å²) in [5, 5.41) is 2.89. The fourth-order valence-corrected chi connectivity index (χ4v) is 7.47. The molecule has 0 unspecified atom stereocenters. The number of hydrogen-bond donors (Lipinski definition) is 1. The topological polar surface area (TPSA) is 127 Å². The molecule has 0 aliphatic carbocycles. The van der Waals surface area contributed by atoms with Crippen molar-refractivity contribution in [3.8, 4) is 23.0 Å². The van der Waals surface area contributed by atoms with E-state index in [1.54, 1.807) is 61.6 Å². The second-order valence-electron chi connectivity index (χ2n) is 16.3. The van der Waals surface area contributed by atoms with Crippen molar-refractivity contribution < 1.29 is 38.1 Å². The standard InChI is InChI=1S/C54H56N4O8/c1-39-26-29-46(50(35-39)63-34-16-6-11-25-51(59)58-32-30-56(2)31-33-58)57(3)53(61)42-27-28-45(55-52(60)43-21-12-14-23-47(43)64-37-40-17-7-4-8-18-40)49(36-42)66-54(62)44-22-13-15-24-48(44)65-38-41-19-9-5-10-20-41/h4-5,7-10,12-15,17-24,26-29,35-36H,6,11,16,25,30-34,37-38H2,1-3H3,(H,55,60). The Labute approximate surface area is 386 Å². The maximum Gasteiger partial charge on any atom is 0.347 e. The molecule has 12 nitrogen and oxygen atoms in total. The molecule has 12 heteroatoms. The Morgan fingerprint density at radius 3 is 1.88 bits per heavy atom. The molecule has 1 saturated heterocycles. The van der Waals surface area contributed by atoms with Crippen LogP contribution < -0.4 is 29.2 Å². The van der Waals surface area contributed by atoms with Crippen molar-refractivity contribution in [1.29, 1.82) is 0 Å². The maximum absolute atomic E-state index is 14.3. The summed E-state index contributed by atoms with van der Waals surface area (Å²) in [4.78, 5) is 60.8.